The molecule has 4 N–H and O–H groups in total. The van der Waals surface area contributed by atoms with Crippen LogP contribution in [0.4, 0.5) is 0 Å². The maximum absolute atomic E-state index is 11.7. The lowest BCUT2D eigenvalue weighted by Crippen LogP contribution is -2.29. The Morgan fingerprint density at radius 1 is 1.33 bits per heavy atom. The molecule has 0 saturated carbocycles. The van der Waals surface area contributed by atoms with Crippen LogP contribution in [0.1, 0.15) is 29.3 Å². The Morgan fingerprint density at radius 3 is 2.44 bits per heavy atom. The minimum atomic E-state index is -0.857. The second-order valence-corrected chi connectivity index (χ2v) is 4.31. The van der Waals surface area contributed by atoms with Gasteiger partial charge in [0, 0.05) is 25.1 Å². The van der Waals surface area contributed by atoms with Crippen LogP contribution in [-0.2, 0) is 11.3 Å². The molecule has 0 aliphatic heterocycles. The molecule has 1 aromatic rings. The molecule has 1 atom stereocenters. The molecule has 98 valence electrons. The molecule has 1 amide bonds. The van der Waals surface area contributed by atoms with Gasteiger partial charge in [-0.05, 0) is 23.6 Å². The summed E-state index contributed by atoms with van der Waals surface area (Å²) in [5, 5.41) is 11.3. The first-order valence-electron chi connectivity index (χ1n) is 5.82. The van der Waals surface area contributed by atoms with Crippen molar-refractivity contribution in [2.24, 2.45) is 11.7 Å². The van der Waals surface area contributed by atoms with Crippen LogP contribution in [-0.4, -0.2) is 23.5 Å². The quantitative estimate of drug-likeness (QED) is 0.702. The fraction of sp³-hybridized carbons (Fsp3) is 0.385. The van der Waals surface area contributed by atoms with Gasteiger partial charge in [-0.25, -0.2) is 0 Å². The number of hydrogen-bond donors (Lipinski definition) is 3. The van der Waals surface area contributed by atoms with Gasteiger partial charge >= 0.3 is 5.97 Å². The molecule has 0 aromatic heterocycles. The van der Waals surface area contributed by atoms with Crippen molar-refractivity contribution in [1.29, 1.82) is 0 Å². The number of nitrogens with one attached hydrogen (secondary N) is 1. The SMILES string of the molecule is CC(CNC(=O)c1ccc(CN)cc1)CC(=O)O. The number of hydrogen-bond acceptors (Lipinski definition) is 3. The topological polar surface area (TPSA) is 92.4 Å². The lowest BCUT2D eigenvalue weighted by molar-refractivity contribution is -0.137. The van der Waals surface area contributed by atoms with Crippen molar-refractivity contribution in [3.8, 4) is 0 Å². The smallest absolute Gasteiger partial charge is 0.303 e. The maximum atomic E-state index is 11.7. The first-order valence-corrected chi connectivity index (χ1v) is 5.82. The van der Waals surface area contributed by atoms with Gasteiger partial charge in [-0.1, -0.05) is 19.1 Å². The fourth-order valence-electron chi connectivity index (χ4n) is 1.53. The zero-order valence-corrected chi connectivity index (χ0v) is 10.3. The first kappa shape index (κ1) is 14.2. The molecule has 18 heavy (non-hydrogen) atoms. The molecule has 5 nitrogen and oxygen atoms in total. The molecular formula is C13H18N2O3. The molecule has 0 radical (unpaired) electrons. The molecule has 1 unspecified atom stereocenters. The van der Waals surface area contributed by atoms with Crippen molar-refractivity contribution in [1.82, 2.24) is 5.32 Å². The largest absolute Gasteiger partial charge is 0.481 e. The van der Waals surface area contributed by atoms with Crippen molar-refractivity contribution in [3.63, 3.8) is 0 Å². The van der Waals surface area contributed by atoms with Crippen molar-refractivity contribution in [2.45, 2.75) is 19.9 Å². The van der Waals surface area contributed by atoms with Crippen LogP contribution in [0.2, 0.25) is 0 Å². The molecule has 5 heteroatoms. The lowest BCUT2D eigenvalue weighted by Gasteiger charge is -2.10. The van der Waals surface area contributed by atoms with Crippen molar-refractivity contribution >= 4 is 11.9 Å². The van der Waals surface area contributed by atoms with E-state index in [2.05, 4.69) is 5.32 Å². The van der Waals surface area contributed by atoms with Crippen LogP contribution in [0.5, 0.6) is 0 Å². The minimum absolute atomic E-state index is 0.0480. The van der Waals surface area contributed by atoms with Crippen LogP contribution in [0.3, 0.4) is 0 Å². The number of amides is 1. The maximum Gasteiger partial charge on any atom is 0.303 e. The molecule has 0 bridgehead atoms. The molecule has 1 aromatic carbocycles. The van der Waals surface area contributed by atoms with E-state index in [9.17, 15) is 9.59 Å². The Hall–Kier alpha value is -1.88. The lowest BCUT2D eigenvalue weighted by atomic mass is 10.1. The Kier molecular flexibility index (Phi) is 5.32. The van der Waals surface area contributed by atoms with E-state index in [-0.39, 0.29) is 18.2 Å². The third-order valence-electron chi connectivity index (χ3n) is 2.59. The van der Waals surface area contributed by atoms with Gasteiger partial charge in [-0.15, -0.1) is 0 Å². The highest BCUT2D eigenvalue weighted by atomic mass is 16.4. The number of rotatable bonds is 6. The zero-order valence-electron chi connectivity index (χ0n) is 10.3. The van der Waals surface area contributed by atoms with Gasteiger partial charge in [-0.3, -0.25) is 9.59 Å². The van der Waals surface area contributed by atoms with Crippen LogP contribution < -0.4 is 11.1 Å². The van der Waals surface area contributed by atoms with Gasteiger partial charge in [0.2, 0.25) is 0 Å². The molecule has 0 fully saturated rings. The van der Waals surface area contributed by atoms with E-state index < -0.39 is 5.97 Å². The van der Waals surface area contributed by atoms with Crippen molar-refractivity contribution in [3.05, 3.63) is 35.4 Å². The van der Waals surface area contributed by atoms with Crippen LogP contribution in [0, 0.1) is 5.92 Å². The number of aliphatic carboxylic acids is 1. The molecule has 0 spiro atoms. The number of carbonyl (C=O) groups is 2. The van der Waals surface area contributed by atoms with Crippen molar-refractivity contribution < 1.29 is 14.7 Å². The Bertz CT molecular complexity index is 415. The number of carbonyl (C=O) groups excluding carboxylic acids is 1. The summed E-state index contributed by atoms with van der Waals surface area (Å²) < 4.78 is 0. The molecule has 0 aliphatic rings. The van der Waals surface area contributed by atoms with E-state index in [1.165, 1.54) is 0 Å². The second kappa shape index (κ2) is 6.76. The highest BCUT2D eigenvalue weighted by Crippen LogP contribution is 2.05. The highest BCUT2D eigenvalue weighted by Gasteiger charge is 2.10. The average molecular weight is 250 g/mol. The predicted molar refractivity (Wildman–Crippen MR) is 68.1 cm³/mol. The van der Waals surface area contributed by atoms with Crippen molar-refractivity contribution in [2.75, 3.05) is 6.54 Å². The first-order chi connectivity index (χ1) is 8.52. The van der Waals surface area contributed by atoms with Gasteiger partial charge in [-0.2, -0.15) is 0 Å². The van der Waals surface area contributed by atoms with E-state index in [0.29, 0.717) is 18.7 Å². The summed E-state index contributed by atoms with van der Waals surface area (Å²) in [6.07, 6.45) is 0.0480. The second-order valence-electron chi connectivity index (χ2n) is 4.31. The molecule has 1 rings (SSSR count). The van der Waals surface area contributed by atoms with Crippen LogP contribution in [0.15, 0.2) is 24.3 Å². The standard InChI is InChI=1S/C13H18N2O3/c1-9(6-12(16)17)8-15-13(18)11-4-2-10(7-14)3-5-11/h2-5,9H,6-8,14H2,1H3,(H,15,18)(H,16,17). The predicted octanol–water partition coefficient (Wildman–Crippen LogP) is 0.986. The normalized spacial score (nSPS) is 11.9. The van der Waals surface area contributed by atoms with Gasteiger partial charge in [0.05, 0.1) is 0 Å². The molecule has 0 heterocycles. The van der Waals surface area contributed by atoms with Gasteiger partial charge in [0.1, 0.15) is 0 Å². The summed E-state index contributed by atoms with van der Waals surface area (Å²) in [7, 11) is 0. The molecule has 0 saturated heterocycles. The van der Waals surface area contributed by atoms with E-state index in [1.807, 2.05) is 0 Å². The average Bonchev–Trinajstić information content (AvgIpc) is 2.35. The summed E-state index contributed by atoms with van der Waals surface area (Å²) in [6.45, 7) is 2.58. The Balaban J connectivity index is 2.47. The number of nitrogens with two attached hydrogens (primary N) is 1. The van der Waals surface area contributed by atoms with Gasteiger partial charge in [0.25, 0.3) is 5.91 Å². The highest BCUT2D eigenvalue weighted by molar-refractivity contribution is 5.94. The van der Waals surface area contributed by atoms with Gasteiger partial charge in [0.15, 0.2) is 0 Å². The third-order valence-corrected chi connectivity index (χ3v) is 2.59. The number of carboxylic acids is 1. The van der Waals surface area contributed by atoms with Crippen LogP contribution in [0.25, 0.3) is 0 Å². The fourth-order valence-corrected chi connectivity index (χ4v) is 1.53. The Morgan fingerprint density at radius 2 is 1.94 bits per heavy atom. The van der Waals surface area contributed by atoms with E-state index >= 15 is 0 Å². The van der Waals surface area contributed by atoms with Crippen LogP contribution >= 0.6 is 0 Å². The third kappa shape index (κ3) is 4.55. The summed E-state index contributed by atoms with van der Waals surface area (Å²) in [6, 6.07) is 7.02. The zero-order chi connectivity index (χ0) is 13.5. The van der Waals surface area contributed by atoms with E-state index in [0.717, 1.165) is 5.56 Å². The number of benzene rings is 1. The van der Waals surface area contributed by atoms with E-state index in [4.69, 9.17) is 10.8 Å². The van der Waals surface area contributed by atoms with Gasteiger partial charge < -0.3 is 16.2 Å². The Labute approximate surface area is 106 Å². The minimum Gasteiger partial charge on any atom is -0.481 e. The molecular weight excluding hydrogens is 232 g/mol. The number of carboxylic acid groups (broad SMARTS) is 1. The summed E-state index contributed by atoms with van der Waals surface area (Å²) >= 11 is 0. The summed E-state index contributed by atoms with van der Waals surface area (Å²) in [4.78, 5) is 22.2. The monoisotopic (exact) mass is 250 g/mol. The van der Waals surface area contributed by atoms with E-state index in [1.54, 1.807) is 31.2 Å². The summed E-state index contributed by atoms with van der Waals surface area (Å²) in [5.41, 5.74) is 6.98. The summed E-state index contributed by atoms with van der Waals surface area (Å²) in [5.74, 6) is -1.14. The molecule has 0 aliphatic carbocycles.